The number of allylic oxidation sites excluding steroid dienone is 1. The van der Waals surface area contributed by atoms with E-state index in [9.17, 15) is 5.11 Å². The summed E-state index contributed by atoms with van der Waals surface area (Å²) in [5, 5.41) is 14.9. The number of hydrogen-bond acceptors (Lipinski definition) is 5. The molecule has 0 radical (unpaired) electrons. The zero-order valence-electron chi connectivity index (χ0n) is 12.7. The molecular weight excluding hydrogens is 377 g/mol. The minimum absolute atomic E-state index is 0.0454. The number of nitrogens with zero attached hydrogens (tertiary/aromatic N) is 2. The van der Waals surface area contributed by atoms with Gasteiger partial charge in [0.05, 0.1) is 21.3 Å². The van der Waals surface area contributed by atoms with Crippen molar-refractivity contribution >= 4 is 68.9 Å². The number of fused-ring (bicyclic) bond motifs is 1. The highest BCUT2D eigenvalue weighted by Gasteiger charge is 2.15. The van der Waals surface area contributed by atoms with Crippen LogP contribution >= 0.6 is 34.5 Å². The summed E-state index contributed by atoms with van der Waals surface area (Å²) >= 11 is 13.5. The second-order valence-electron chi connectivity index (χ2n) is 5.33. The standard InChI is InChI=1S/C18H11Cl2N3OS/c19-11-5-6-13(20)15(8-11)22-18-23-17(24)16(25-18)7-10-9-21-14-4-2-1-3-12(10)14/h1-9,24H,(H,22,23)/b10-7+. The molecule has 0 saturated heterocycles. The third-order valence-electron chi connectivity index (χ3n) is 3.65. The molecule has 0 unspecified atom stereocenters. The largest absolute Gasteiger partial charge is 0.492 e. The molecule has 7 heteroatoms. The monoisotopic (exact) mass is 387 g/mol. The fourth-order valence-electron chi connectivity index (χ4n) is 2.48. The van der Waals surface area contributed by atoms with E-state index < -0.39 is 0 Å². The first-order chi connectivity index (χ1) is 12.1. The number of para-hydroxylation sites is 1. The number of aliphatic imine (C=N–C) groups is 1. The smallest absolute Gasteiger partial charge is 0.231 e. The molecule has 1 aliphatic rings. The number of aromatic nitrogens is 1. The minimum Gasteiger partial charge on any atom is -0.492 e. The van der Waals surface area contributed by atoms with Gasteiger partial charge in [0, 0.05) is 22.4 Å². The summed E-state index contributed by atoms with van der Waals surface area (Å²) < 4.78 is 0. The molecule has 0 atom stereocenters. The maximum absolute atomic E-state index is 10.2. The molecule has 0 amide bonds. The summed E-state index contributed by atoms with van der Waals surface area (Å²) in [4.78, 5) is 9.15. The van der Waals surface area contributed by atoms with Crippen molar-refractivity contribution in [1.82, 2.24) is 4.98 Å². The second kappa shape index (κ2) is 6.52. The Labute approximate surface area is 158 Å². The Morgan fingerprint density at radius 2 is 1.96 bits per heavy atom. The van der Waals surface area contributed by atoms with Crippen LogP contribution in [-0.2, 0) is 0 Å². The summed E-state index contributed by atoms with van der Waals surface area (Å²) in [6.45, 7) is 0. The second-order valence-corrected chi connectivity index (χ2v) is 7.21. The van der Waals surface area contributed by atoms with Gasteiger partial charge in [0.2, 0.25) is 5.88 Å². The van der Waals surface area contributed by atoms with E-state index >= 15 is 0 Å². The average Bonchev–Trinajstić information content (AvgIpc) is 3.16. The molecular formula is C18H11Cl2N3OS. The first kappa shape index (κ1) is 16.1. The highest BCUT2D eigenvalue weighted by Crippen LogP contribution is 2.38. The first-order valence-corrected chi connectivity index (χ1v) is 8.94. The fraction of sp³-hybridized carbons (Fsp3) is 0. The number of nitrogens with one attached hydrogen (secondary N) is 1. The van der Waals surface area contributed by atoms with Crippen LogP contribution in [0.2, 0.25) is 10.0 Å². The van der Waals surface area contributed by atoms with Gasteiger partial charge < -0.3 is 10.4 Å². The summed E-state index contributed by atoms with van der Waals surface area (Å²) in [5.41, 5.74) is 3.52. The van der Waals surface area contributed by atoms with Crippen LogP contribution in [0.3, 0.4) is 0 Å². The Bertz CT molecular complexity index is 1030. The SMILES string of the molecule is Oc1nc(Nc2cc(Cl)ccc2Cl)sc1/C=C1\C=Nc2ccccc21. The fourth-order valence-corrected chi connectivity index (χ4v) is 3.64. The van der Waals surface area contributed by atoms with Gasteiger partial charge in [-0.3, -0.25) is 4.99 Å². The number of halogens is 2. The van der Waals surface area contributed by atoms with Crippen molar-refractivity contribution in [3.8, 4) is 5.88 Å². The van der Waals surface area contributed by atoms with Gasteiger partial charge >= 0.3 is 0 Å². The lowest BCUT2D eigenvalue weighted by molar-refractivity contribution is 0.457. The molecule has 4 rings (SSSR count). The zero-order chi connectivity index (χ0) is 17.4. The summed E-state index contributed by atoms with van der Waals surface area (Å²) in [6, 6.07) is 13.0. The molecule has 1 aliphatic heterocycles. The molecule has 4 nitrogen and oxygen atoms in total. The van der Waals surface area contributed by atoms with Crippen LogP contribution in [-0.4, -0.2) is 16.3 Å². The van der Waals surface area contributed by atoms with E-state index in [2.05, 4.69) is 15.3 Å². The lowest BCUT2D eigenvalue weighted by atomic mass is 10.1. The maximum Gasteiger partial charge on any atom is 0.231 e. The first-order valence-electron chi connectivity index (χ1n) is 7.37. The molecule has 3 aromatic rings. The van der Waals surface area contributed by atoms with Gasteiger partial charge in [-0.1, -0.05) is 52.7 Å². The molecule has 0 fully saturated rings. The average molecular weight is 388 g/mol. The van der Waals surface area contributed by atoms with E-state index in [-0.39, 0.29) is 5.88 Å². The number of benzene rings is 2. The van der Waals surface area contributed by atoms with Gasteiger partial charge in [-0.25, -0.2) is 0 Å². The molecule has 2 aromatic carbocycles. The van der Waals surface area contributed by atoms with E-state index in [0.717, 1.165) is 16.8 Å². The topological polar surface area (TPSA) is 57.5 Å². The van der Waals surface area contributed by atoms with E-state index in [1.54, 1.807) is 24.4 Å². The highest BCUT2D eigenvalue weighted by atomic mass is 35.5. The molecule has 1 aromatic heterocycles. The van der Waals surface area contributed by atoms with E-state index in [0.29, 0.717) is 25.7 Å². The van der Waals surface area contributed by atoms with Crippen LogP contribution in [0.15, 0.2) is 47.5 Å². The van der Waals surface area contributed by atoms with Gasteiger partial charge in [-0.2, -0.15) is 4.98 Å². The Morgan fingerprint density at radius 3 is 2.84 bits per heavy atom. The number of rotatable bonds is 3. The molecule has 0 bridgehead atoms. The Morgan fingerprint density at radius 1 is 1.12 bits per heavy atom. The van der Waals surface area contributed by atoms with Gasteiger partial charge in [-0.05, 0) is 30.3 Å². The van der Waals surface area contributed by atoms with Crippen LogP contribution in [0.5, 0.6) is 5.88 Å². The van der Waals surface area contributed by atoms with Crippen molar-refractivity contribution in [2.24, 2.45) is 4.99 Å². The lowest BCUT2D eigenvalue weighted by Gasteiger charge is -2.04. The van der Waals surface area contributed by atoms with Crippen LogP contribution in [0.4, 0.5) is 16.5 Å². The molecule has 0 saturated carbocycles. The Balaban J connectivity index is 1.65. The van der Waals surface area contributed by atoms with Crippen LogP contribution in [0.1, 0.15) is 10.4 Å². The molecule has 124 valence electrons. The van der Waals surface area contributed by atoms with Crippen molar-refractivity contribution in [3.05, 3.63) is 63.0 Å². The quantitative estimate of drug-likeness (QED) is 0.565. The third-order valence-corrected chi connectivity index (χ3v) is 5.12. The van der Waals surface area contributed by atoms with Gasteiger partial charge in [0.1, 0.15) is 0 Å². The summed E-state index contributed by atoms with van der Waals surface area (Å²) in [6.07, 6.45) is 3.65. The summed E-state index contributed by atoms with van der Waals surface area (Å²) in [5.74, 6) is -0.0454. The van der Waals surface area contributed by atoms with Crippen LogP contribution in [0, 0.1) is 0 Å². The van der Waals surface area contributed by atoms with E-state index in [1.165, 1.54) is 11.3 Å². The number of anilines is 2. The van der Waals surface area contributed by atoms with E-state index in [4.69, 9.17) is 23.2 Å². The van der Waals surface area contributed by atoms with Crippen molar-refractivity contribution < 1.29 is 5.11 Å². The van der Waals surface area contributed by atoms with E-state index in [1.807, 2.05) is 30.3 Å². The number of aromatic hydroxyl groups is 1. The zero-order valence-corrected chi connectivity index (χ0v) is 15.0. The predicted octanol–water partition coefficient (Wildman–Crippen LogP) is 6.16. The maximum atomic E-state index is 10.2. The van der Waals surface area contributed by atoms with Gasteiger partial charge in [0.15, 0.2) is 5.13 Å². The normalized spacial score (nSPS) is 14.1. The molecule has 2 heterocycles. The van der Waals surface area contributed by atoms with Gasteiger partial charge in [0.25, 0.3) is 0 Å². The van der Waals surface area contributed by atoms with Crippen molar-refractivity contribution in [2.75, 3.05) is 5.32 Å². The molecule has 0 aliphatic carbocycles. The van der Waals surface area contributed by atoms with Crippen molar-refractivity contribution in [2.45, 2.75) is 0 Å². The summed E-state index contributed by atoms with van der Waals surface area (Å²) in [7, 11) is 0. The minimum atomic E-state index is -0.0454. The van der Waals surface area contributed by atoms with Crippen LogP contribution in [0.25, 0.3) is 11.6 Å². The predicted molar refractivity (Wildman–Crippen MR) is 106 cm³/mol. The Hall–Kier alpha value is -2.34. The van der Waals surface area contributed by atoms with Crippen molar-refractivity contribution in [1.29, 1.82) is 0 Å². The molecule has 0 spiro atoms. The van der Waals surface area contributed by atoms with Crippen LogP contribution < -0.4 is 5.32 Å². The third kappa shape index (κ3) is 3.26. The molecule has 25 heavy (non-hydrogen) atoms. The number of hydrogen-bond donors (Lipinski definition) is 2. The highest BCUT2D eigenvalue weighted by molar-refractivity contribution is 7.16. The lowest BCUT2D eigenvalue weighted by Crippen LogP contribution is -1.89. The van der Waals surface area contributed by atoms with Crippen molar-refractivity contribution in [3.63, 3.8) is 0 Å². The number of thiazole rings is 1. The Kier molecular flexibility index (Phi) is 4.21. The van der Waals surface area contributed by atoms with Gasteiger partial charge in [-0.15, -0.1) is 0 Å². The molecule has 2 N–H and O–H groups in total.